The van der Waals surface area contributed by atoms with Crippen molar-refractivity contribution in [1.82, 2.24) is 5.32 Å². The number of hydrogen-bond acceptors (Lipinski definition) is 4. The molecule has 24 heavy (non-hydrogen) atoms. The number of carbonyl (C=O) groups excluding carboxylic acids is 1. The van der Waals surface area contributed by atoms with E-state index in [1.165, 1.54) is 5.57 Å². The highest BCUT2D eigenvalue weighted by Crippen LogP contribution is 2.26. The summed E-state index contributed by atoms with van der Waals surface area (Å²) in [5, 5.41) is 3.06. The first-order chi connectivity index (χ1) is 11.6. The summed E-state index contributed by atoms with van der Waals surface area (Å²) < 4.78 is 16.9. The van der Waals surface area contributed by atoms with Crippen molar-refractivity contribution < 1.29 is 19.0 Å². The topological polar surface area (TPSA) is 56.8 Å². The molecule has 1 N–H and O–H groups in total. The fourth-order valence-corrected chi connectivity index (χ4v) is 2.97. The molecule has 1 aromatic rings. The first-order valence-corrected chi connectivity index (χ1v) is 8.53. The molecule has 5 heteroatoms. The maximum Gasteiger partial charge on any atom is 0.251 e. The van der Waals surface area contributed by atoms with Gasteiger partial charge in [0.05, 0.1) is 32.0 Å². The van der Waals surface area contributed by atoms with E-state index in [9.17, 15) is 4.79 Å². The molecule has 0 unspecified atom stereocenters. The van der Waals surface area contributed by atoms with Crippen molar-refractivity contribution in [3.05, 3.63) is 41.0 Å². The van der Waals surface area contributed by atoms with Crippen LogP contribution in [-0.4, -0.2) is 44.5 Å². The van der Waals surface area contributed by atoms with Crippen LogP contribution in [-0.2, 0) is 15.9 Å². The van der Waals surface area contributed by atoms with Crippen LogP contribution in [0.4, 0.5) is 0 Å². The normalized spacial score (nSPS) is 22.4. The highest BCUT2D eigenvalue weighted by Gasteiger charge is 2.28. The van der Waals surface area contributed by atoms with Crippen molar-refractivity contribution in [2.24, 2.45) is 0 Å². The molecule has 0 aromatic heterocycles. The lowest BCUT2D eigenvalue weighted by Gasteiger charge is -2.32. The molecule has 130 valence electrons. The maximum atomic E-state index is 12.6. The van der Waals surface area contributed by atoms with Crippen molar-refractivity contribution in [1.29, 1.82) is 0 Å². The number of hydrogen-bond donors (Lipinski definition) is 1. The molecule has 0 radical (unpaired) electrons. The number of ether oxygens (including phenoxy) is 3. The molecule has 0 spiro atoms. The number of benzene rings is 1. The van der Waals surface area contributed by atoms with Gasteiger partial charge in [-0.25, -0.2) is 0 Å². The van der Waals surface area contributed by atoms with Gasteiger partial charge in [0, 0.05) is 18.6 Å². The molecule has 3 rings (SSSR count). The van der Waals surface area contributed by atoms with Crippen LogP contribution in [0.15, 0.2) is 29.8 Å². The summed E-state index contributed by atoms with van der Waals surface area (Å²) in [5.74, 6) is 0.798. The van der Waals surface area contributed by atoms with Crippen molar-refractivity contribution in [3.63, 3.8) is 0 Å². The SMILES string of the molecule is CC(C)=CCO[C@H]1CCOC[C@H]1NC(=O)c1ccc2c(c1)CCO2. The van der Waals surface area contributed by atoms with Crippen molar-refractivity contribution in [2.45, 2.75) is 38.8 Å². The number of nitrogens with one attached hydrogen (secondary N) is 1. The Morgan fingerprint density at radius 1 is 1.38 bits per heavy atom. The molecule has 5 nitrogen and oxygen atoms in total. The summed E-state index contributed by atoms with van der Waals surface area (Å²) in [7, 11) is 0. The van der Waals surface area contributed by atoms with Crippen LogP contribution < -0.4 is 10.1 Å². The van der Waals surface area contributed by atoms with Gasteiger partial charge in [0.15, 0.2) is 0 Å². The summed E-state index contributed by atoms with van der Waals surface area (Å²) >= 11 is 0. The second-order valence-corrected chi connectivity index (χ2v) is 6.52. The fourth-order valence-electron chi connectivity index (χ4n) is 2.97. The molecule has 2 aliphatic heterocycles. The van der Waals surface area contributed by atoms with Crippen molar-refractivity contribution >= 4 is 5.91 Å². The molecule has 1 fully saturated rings. The molecular weight excluding hydrogens is 306 g/mol. The van der Waals surface area contributed by atoms with Crippen LogP contribution in [0, 0.1) is 0 Å². The van der Waals surface area contributed by atoms with E-state index in [0.717, 1.165) is 24.2 Å². The van der Waals surface area contributed by atoms with Crippen molar-refractivity contribution in [3.8, 4) is 5.75 Å². The third-order valence-corrected chi connectivity index (χ3v) is 4.36. The number of carbonyl (C=O) groups is 1. The minimum atomic E-state index is -0.124. The molecule has 0 aliphatic carbocycles. The molecular formula is C19H25NO4. The quantitative estimate of drug-likeness (QED) is 0.842. The zero-order valence-electron chi connectivity index (χ0n) is 14.3. The summed E-state index contributed by atoms with van der Waals surface area (Å²) in [6, 6.07) is 5.47. The van der Waals surface area contributed by atoms with E-state index in [1.54, 1.807) is 0 Å². The first-order valence-electron chi connectivity index (χ1n) is 8.53. The van der Waals surface area contributed by atoms with Gasteiger partial charge in [-0.05, 0) is 44.0 Å². The molecule has 1 amide bonds. The van der Waals surface area contributed by atoms with Crippen molar-refractivity contribution in [2.75, 3.05) is 26.4 Å². The minimum absolute atomic E-state index is 0.0175. The molecule has 2 heterocycles. The Morgan fingerprint density at radius 3 is 3.08 bits per heavy atom. The van der Waals surface area contributed by atoms with Crippen LogP contribution in [0.1, 0.15) is 36.2 Å². The summed E-state index contributed by atoms with van der Waals surface area (Å²) in [5.41, 5.74) is 2.98. The van der Waals surface area contributed by atoms with Crippen LogP contribution >= 0.6 is 0 Å². The Bertz CT molecular complexity index is 622. The van der Waals surface area contributed by atoms with Gasteiger partial charge >= 0.3 is 0 Å². The van der Waals surface area contributed by atoms with Gasteiger partial charge in [0.25, 0.3) is 5.91 Å². The molecule has 0 bridgehead atoms. The predicted molar refractivity (Wildman–Crippen MR) is 91.5 cm³/mol. The zero-order valence-corrected chi connectivity index (χ0v) is 14.3. The van der Waals surface area contributed by atoms with Crippen LogP contribution in [0.25, 0.3) is 0 Å². The molecule has 1 saturated heterocycles. The Hall–Kier alpha value is -1.85. The zero-order chi connectivity index (χ0) is 16.9. The van der Waals surface area contributed by atoms with Gasteiger partial charge in [0.1, 0.15) is 5.75 Å². The lowest BCUT2D eigenvalue weighted by molar-refractivity contribution is -0.0457. The molecule has 1 aromatic carbocycles. The maximum absolute atomic E-state index is 12.6. The monoisotopic (exact) mass is 331 g/mol. The largest absolute Gasteiger partial charge is 0.493 e. The van der Waals surface area contributed by atoms with E-state index in [2.05, 4.69) is 11.4 Å². The summed E-state index contributed by atoms with van der Waals surface area (Å²) in [6.07, 6.45) is 3.68. The Morgan fingerprint density at radius 2 is 2.25 bits per heavy atom. The predicted octanol–water partition coefficient (Wildman–Crippen LogP) is 2.49. The molecule has 2 aliphatic rings. The second kappa shape index (κ2) is 7.81. The standard InChI is InChI=1S/C19H25NO4/c1-13(2)5-9-24-18-7-8-22-12-16(18)20-19(21)15-3-4-17-14(11-15)6-10-23-17/h3-5,11,16,18H,6-10,12H2,1-2H3,(H,20,21)/t16-,18+/m1/s1. The lowest BCUT2D eigenvalue weighted by atomic mass is 10.0. The van der Waals surface area contributed by atoms with E-state index < -0.39 is 0 Å². The van der Waals surface area contributed by atoms with Crippen LogP contribution in [0.2, 0.25) is 0 Å². The second-order valence-electron chi connectivity index (χ2n) is 6.52. The lowest BCUT2D eigenvalue weighted by Crippen LogP contribution is -2.50. The van der Waals surface area contributed by atoms with Gasteiger partial charge in [-0.1, -0.05) is 11.6 Å². The number of allylic oxidation sites excluding steroid dienone is 1. The average Bonchev–Trinajstić information content (AvgIpc) is 3.03. The van der Waals surface area contributed by atoms with Gasteiger partial charge in [-0.3, -0.25) is 4.79 Å². The van der Waals surface area contributed by atoms with Gasteiger partial charge in [-0.15, -0.1) is 0 Å². The first kappa shape index (κ1) is 17.0. The highest BCUT2D eigenvalue weighted by atomic mass is 16.5. The van der Waals surface area contributed by atoms with Crippen LogP contribution in [0.5, 0.6) is 5.75 Å². The van der Waals surface area contributed by atoms with Crippen LogP contribution in [0.3, 0.4) is 0 Å². The average molecular weight is 331 g/mol. The minimum Gasteiger partial charge on any atom is -0.493 e. The Balaban J connectivity index is 1.61. The summed E-state index contributed by atoms with van der Waals surface area (Å²) in [4.78, 5) is 12.6. The number of amides is 1. The van der Waals surface area contributed by atoms with E-state index in [1.807, 2.05) is 32.0 Å². The van der Waals surface area contributed by atoms with Gasteiger partial charge < -0.3 is 19.5 Å². The smallest absolute Gasteiger partial charge is 0.251 e. The summed E-state index contributed by atoms with van der Waals surface area (Å²) in [6.45, 7) is 6.50. The number of fused-ring (bicyclic) bond motifs is 1. The molecule has 0 saturated carbocycles. The van der Waals surface area contributed by atoms with Gasteiger partial charge in [-0.2, -0.15) is 0 Å². The van der Waals surface area contributed by atoms with E-state index in [4.69, 9.17) is 14.2 Å². The van der Waals surface area contributed by atoms with E-state index in [0.29, 0.717) is 32.0 Å². The molecule has 2 atom stereocenters. The van der Waals surface area contributed by atoms with E-state index in [-0.39, 0.29) is 18.1 Å². The van der Waals surface area contributed by atoms with Gasteiger partial charge in [0.2, 0.25) is 0 Å². The fraction of sp³-hybridized carbons (Fsp3) is 0.526. The third-order valence-electron chi connectivity index (χ3n) is 4.36. The highest BCUT2D eigenvalue weighted by molar-refractivity contribution is 5.94. The Labute approximate surface area is 143 Å². The van der Waals surface area contributed by atoms with E-state index >= 15 is 0 Å². The number of rotatable bonds is 5. The third kappa shape index (κ3) is 4.16. The Kier molecular flexibility index (Phi) is 5.53.